The molecular formula is C16H28BrNO2. The summed E-state index contributed by atoms with van der Waals surface area (Å²) in [5.74, 6) is 2.18. The summed E-state index contributed by atoms with van der Waals surface area (Å²) >= 11 is 3.50. The zero-order valence-electron chi connectivity index (χ0n) is 13.0. The van der Waals surface area contributed by atoms with Crippen LogP contribution >= 0.6 is 15.9 Å². The smallest absolute Gasteiger partial charge is 0.407 e. The largest absolute Gasteiger partial charge is 0.444 e. The van der Waals surface area contributed by atoms with Crippen molar-refractivity contribution in [2.45, 2.75) is 70.9 Å². The molecule has 2 bridgehead atoms. The highest BCUT2D eigenvalue weighted by Crippen LogP contribution is 2.50. The molecule has 2 aliphatic carbocycles. The Bertz CT molecular complexity index is 340. The molecule has 2 fully saturated rings. The van der Waals surface area contributed by atoms with Crippen LogP contribution in [0.5, 0.6) is 0 Å². The van der Waals surface area contributed by atoms with Gasteiger partial charge in [0.05, 0.1) is 0 Å². The Morgan fingerprint density at radius 3 is 2.60 bits per heavy atom. The van der Waals surface area contributed by atoms with Gasteiger partial charge < -0.3 is 10.1 Å². The lowest BCUT2D eigenvalue weighted by Gasteiger charge is -2.32. The molecule has 0 aliphatic heterocycles. The first-order valence-corrected chi connectivity index (χ1v) is 9.08. The Balaban J connectivity index is 1.89. The fraction of sp³-hybridized carbons (Fsp3) is 0.938. The Labute approximate surface area is 131 Å². The lowest BCUT2D eigenvalue weighted by Crippen LogP contribution is -2.46. The number of alkyl halides is 1. The molecule has 0 spiro atoms. The SMILES string of the molecule is CC(C)(C)OC(=O)NC1C2CCC(C2)C1CCCCBr. The molecule has 4 heteroatoms. The van der Waals surface area contributed by atoms with Crippen molar-refractivity contribution >= 4 is 22.0 Å². The number of amides is 1. The summed E-state index contributed by atoms with van der Waals surface area (Å²) in [6.07, 6.45) is 7.43. The second-order valence-corrected chi connectivity index (χ2v) is 8.15. The maximum atomic E-state index is 12.0. The third kappa shape index (κ3) is 4.12. The minimum absolute atomic E-state index is 0.236. The number of halogens is 1. The number of ether oxygens (including phenoxy) is 1. The molecule has 116 valence electrons. The van der Waals surface area contributed by atoms with Crippen LogP contribution in [0.25, 0.3) is 0 Å². The Morgan fingerprint density at radius 1 is 1.25 bits per heavy atom. The van der Waals surface area contributed by atoms with Crippen molar-refractivity contribution in [3.05, 3.63) is 0 Å². The zero-order chi connectivity index (χ0) is 14.8. The predicted octanol–water partition coefficient (Wildman–Crippen LogP) is 4.49. The van der Waals surface area contributed by atoms with Gasteiger partial charge in [0.15, 0.2) is 0 Å². The Kier molecular flexibility index (Phi) is 5.38. The number of rotatable bonds is 5. The Morgan fingerprint density at radius 2 is 1.95 bits per heavy atom. The summed E-state index contributed by atoms with van der Waals surface area (Å²) in [5, 5.41) is 4.25. The molecule has 0 aromatic heterocycles. The highest BCUT2D eigenvalue weighted by molar-refractivity contribution is 9.09. The van der Waals surface area contributed by atoms with Crippen LogP contribution in [0.1, 0.15) is 59.3 Å². The zero-order valence-corrected chi connectivity index (χ0v) is 14.5. The molecule has 4 atom stereocenters. The van der Waals surface area contributed by atoms with E-state index in [1.54, 1.807) is 0 Å². The van der Waals surface area contributed by atoms with Gasteiger partial charge in [0, 0.05) is 11.4 Å². The topological polar surface area (TPSA) is 38.3 Å². The maximum Gasteiger partial charge on any atom is 0.407 e. The van der Waals surface area contributed by atoms with Crippen molar-refractivity contribution in [2.75, 3.05) is 5.33 Å². The third-order valence-corrected chi connectivity index (χ3v) is 5.25. The van der Waals surface area contributed by atoms with Gasteiger partial charge in [-0.1, -0.05) is 22.4 Å². The number of carbonyl (C=O) groups is 1. The van der Waals surface area contributed by atoms with Crippen molar-refractivity contribution in [3.63, 3.8) is 0 Å². The minimum Gasteiger partial charge on any atom is -0.444 e. The van der Waals surface area contributed by atoms with E-state index in [1.807, 2.05) is 20.8 Å². The maximum absolute atomic E-state index is 12.0. The van der Waals surface area contributed by atoms with Crippen molar-refractivity contribution in [2.24, 2.45) is 17.8 Å². The van der Waals surface area contributed by atoms with E-state index in [4.69, 9.17) is 4.74 Å². The van der Waals surface area contributed by atoms with E-state index in [2.05, 4.69) is 21.2 Å². The van der Waals surface area contributed by atoms with Crippen LogP contribution in [0.4, 0.5) is 4.79 Å². The number of unbranched alkanes of at least 4 members (excludes halogenated alkanes) is 1. The number of fused-ring (bicyclic) bond motifs is 2. The number of hydrogen-bond acceptors (Lipinski definition) is 2. The van der Waals surface area contributed by atoms with Crippen molar-refractivity contribution in [1.29, 1.82) is 0 Å². The molecule has 3 nitrogen and oxygen atoms in total. The monoisotopic (exact) mass is 345 g/mol. The molecule has 20 heavy (non-hydrogen) atoms. The Hall–Kier alpha value is -0.250. The summed E-state index contributed by atoms with van der Waals surface area (Å²) in [4.78, 5) is 12.0. The molecule has 0 aromatic carbocycles. The van der Waals surface area contributed by atoms with Crippen LogP contribution in [0.2, 0.25) is 0 Å². The van der Waals surface area contributed by atoms with Crippen molar-refractivity contribution < 1.29 is 9.53 Å². The molecule has 1 N–H and O–H groups in total. The molecule has 0 saturated heterocycles. The van der Waals surface area contributed by atoms with E-state index in [9.17, 15) is 4.79 Å². The van der Waals surface area contributed by atoms with Crippen molar-refractivity contribution in [1.82, 2.24) is 5.32 Å². The first-order chi connectivity index (χ1) is 9.40. The van der Waals surface area contributed by atoms with E-state index in [1.165, 1.54) is 38.5 Å². The summed E-state index contributed by atoms with van der Waals surface area (Å²) in [6.45, 7) is 5.75. The van der Waals surface area contributed by atoms with Crippen LogP contribution < -0.4 is 5.32 Å². The van der Waals surface area contributed by atoms with Crippen LogP contribution in [0, 0.1) is 17.8 Å². The van der Waals surface area contributed by atoms with Gasteiger partial charge in [0.2, 0.25) is 0 Å². The minimum atomic E-state index is -0.410. The predicted molar refractivity (Wildman–Crippen MR) is 85.1 cm³/mol. The fourth-order valence-corrected chi connectivity index (χ4v) is 4.37. The van der Waals surface area contributed by atoms with Gasteiger partial charge >= 0.3 is 6.09 Å². The second kappa shape index (κ2) is 6.67. The molecule has 2 saturated carbocycles. The normalized spacial score (nSPS) is 32.4. The van der Waals surface area contributed by atoms with E-state index < -0.39 is 5.60 Å². The van der Waals surface area contributed by atoms with Crippen molar-refractivity contribution in [3.8, 4) is 0 Å². The fourth-order valence-electron chi connectivity index (χ4n) is 3.97. The first-order valence-electron chi connectivity index (χ1n) is 7.96. The number of hydrogen-bond donors (Lipinski definition) is 1. The van der Waals surface area contributed by atoms with E-state index in [-0.39, 0.29) is 6.09 Å². The molecule has 0 heterocycles. The van der Waals surface area contributed by atoms with Gasteiger partial charge in [0.1, 0.15) is 5.60 Å². The van der Waals surface area contributed by atoms with Gasteiger partial charge in [-0.15, -0.1) is 0 Å². The molecule has 2 aliphatic rings. The second-order valence-electron chi connectivity index (χ2n) is 7.35. The lowest BCUT2D eigenvalue weighted by molar-refractivity contribution is 0.0459. The van der Waals surface area contributed by atoms with E-state index >= 15 is 0 Å². The highest BCUT2D eigenvalue weighted by Gasteiger charge is 2.47. The van der Waals surface area contributed by atoms with Gasteiger partial charge in [0.25, 0.3) is 0 Å². The van der Waals surface area contributed by atoms with Gasteiger partial charge in [-0.25, -0.2) is 4.79 Å². The summed E-state index contributed by atoms with van der Waals surface area (Å²) < 4.78 is 5.42. The summed E-state index contributed by atoms with van der Waals surface area (Å²) in [7, 11) is 0. The van der Waals surface area contributed by atoms with Gasteiger partial charge in [-0.05, 0) is 70.6 Å². The van der Waals surface area contributed by atoms with Crippen LogP contribution in [-0.4, -0.2) is 23.1 Å². The quantitative estimate of drug-likeness (QED) is 0.588. The molecule has 4 unspecified atom stereocenters. The summed E-state index contributed by atoms with van der Waals surface area (Å²) in [6, 6.07) is 0.346. The van der Waals surface area contributed by atoms with Gasteiger partial charge in [-0.3, -0.25) is 0 Å². The van der Waals surface area contributed by atoms with Crippen LogP contribution in [-0.2, 0) is 4.74 Å². The van der Waals surface area contributed by atoms with E-state index in [0.717, 1.165) is 11.2 Å². The average molecular weight is 346 g/mol. The first kappa shape index (κ1) is 16.1. The number of nitrogens with one attached hydrogen (secondary N) is 1. The molecule has 2 rings (SSSR count). The summed E-state index contributed by atoms with van der Waals surface area (Å²) in [5.41, 5.74) is -0.410. The number of carbonyl (C=O) groups excluding carboxylic acids is 1. The van der Waals surface area contributed by atoms with Crippen LogP contribution in [0.3, 0.4) is 0 Å². The number of alkyl carbamates (subject to hydrolysis) is 1. The standard InChI is InChI=1S/C16H28BrNO2/c1-16(2,3)20-15(19)18-14-12-8-7-11(10-12)13(14)6-4-5-9-17/h11-14H,4-10H2,1-3H3,(H,18,19). The molecule has 0 radical (unpaired) electrons. The lowest BCUT2D eigenvalue weighted by atomic mass is 9.81. The average Bonchev–Trinajstić information content (AvgIpc) is 2.89. The molecule has 0 aromatic rings. The highest BCUT2D eigenvalue weighted by atomic mass is 79.9. The molecular weight excluding hydrogens is 318 g/mol. The molecule has 1 amide bonds. The van der Waals surface area contributed by atoms with Crippen LogP contribution in [0.15, 0.2) is 0 Å². The van der Waals surface area contributed by atoms with E-state index in [0.29, 0.717) is 17.9 Å². The third-order valence-electron chi connectivity index (χ3n) is 4.69. The van der Waals surface area contributed by atoms with Gasteiger partial charge in [-0.2, -0.15) is 0 Å².